The Kier molecular flexibility index (Phi) is 4.10. The number of hydrogen-bond acceptors (Lipinski definition) is 2. The van der Waals surface area contributed by atoms with Gasteiger partial charge in [0.1, 0.15) is 12.4 Å². The van der Waals surface area contributed by atoms with Crippen molar-refractivity contribution in [1.29, 1.82) is 0 Å². The molecule has 1 heterocycles. The first kappa shape index (κ1) is 13.5. The number of halogens is 1. The van der Waals surface area contributed by atoms with Gasteiger partial charge in [-0.2, -0.15) is 5.10 Å². The molecule has 0 unspecified atom stereocenters. The molecule has 19 heavy (non-hydrogen) atoms. The molecule has 1 aromatic heterocycles. The van der Waals surface area contributed by atoms with Crippen LogP contribution in [0.15, 0.2) is 30.3 Å². The SMILES string of the molecule is CCc1cc(CC)n(CC(=O)c2ccc(F)cc2)n1. The molecule has 2 rings (SSSR count). The van der Waals surface area contributed by atoms with Gasteiger partial charge in [-0.15, -0.1) is 0 Å². The fourth-order valence-corrected chi connectivity index (χ4v) is 1.97. The molecular weight excluding hydrogens is 243 g/mol. The highest BCUT2D eigenvalue weighted by atomic mass is 19.1. The van der Waals surface area contributed by atoms with Gasteiger partial charge in [-0.1, -0.05) is 13.8 Å². The molecular formula is C15H17FN2O. The van der Waals surface area contributed by atoms with Gasteiger partial charge >= 0.3 is 0 Å². The number of rotatable bonds is 5. The second-order valence-corrected chi connectivity index (χ2v) is 4.42. The lowest BCUT2D eigenvalue weighted by Crippen LogP contribution is -2.14. The van der Waals surface area contributed by atoms with E-state index in [0.29, 0.717) is 5.56 Å². The van der Waals surface area contributed by atoms with Crippen molar-refractivity contribution in [3.05, 3.63) is 53.1 Å². The van der Waals surface area contributed by atoms with E-state index in [1.807, 2.05) is 19.9 Å². The van der Waals surface area contributed by atoms with Crippen molar-refractivity contribution in [3.63, 3.8) is 0 Å². The van der Waals surface area contributed by atoms with E-state index in [0.717, 1.165) is 24.2 Å². The molecule has 0 saturated heterocycles. The van der Waals surface area contributed by atoms with Crippen LogP contribution in [0.1, 0.15) is 35.6 Å². The van der Waals surface area contributed by atoms with Crippen molar-refractivity contribution in [2.24, 2.45) is 0 Å². The van der Waals surface area contributed by atoms with Gasteiger partial charge in [0.15, 0.2) is 5.78 Å². The minimum atomic E-state index is -0.335. The number of carbonyl (C=O) groups excluding carboxylic acids is 1. The Morgan fingerprint density at radius 1 is 1.21 bits per heavy atom. The lowest BCUT2D eigenvalue weighted by atomic mass is 10.1. The highest BCUT2D eigenvalue weighted by molar-refractivity contribution is 5.95. The number of nitrogens with zero attached hydrogens (tertiary/aromatic N) is 2. The predicted octanol–water partition coefficient (Wildman–Crippen LogP) is 3.03. The monoisotopic (exact) mass is 260 g/mol. The molecule has 3 nitrogen and oxygen atoms in total. The lowest BCUT2D eigenvalue weighted by Gasteiger charge is -2.05. The van der Waals surface area contributed by atoms with Crippen LogP contribution in [-0.4, -0.2) is 15.6 Å². The smallest absolute Gasteiger partial charge is 0.184 e. The van der Waals surface area contributed by atoms with Crippen LogP contribution in [0.4, 0.5) is 4.39 Å². The zero-order chi connectivity index (χ0) is 13.8. The molecule has 4 heteroatoms. The fourth-order valence-electron chi connectivity index (χ4n) is 1.97. The number of Topliss-reactive ketones (excluding diaryl/α,β-unsaturated/α-hetero) is 1. The summed E-state index contributed by atoms with van der Waals surface area (Å²) in [5, 5.41) is 4.40. The van der Waals surface area contributed by atoms with Crippen LogP contribution in [0.3, 0.4) is 0 Å². The maximum atomic E-state index is 12.8. The van der Waals surface area contributed by atoms with Crippen molar-refractivity contribution in [1.82, 2.24) is 9.78 Å². The van der Waals surface area contributed by atoms with Gasteiger partial charge in [-0.3, -0.25) is 9.48 Å². The van der Waals surface area contributed by atoms with Crippen molar-refractivity contribution < 1.29 is 9.18 Å². The van der Waals surface area contributed by atoms with Gasteiger partial charge < -0.3 is 0 Å². The Balaban J connectivity index is 2.18. The molecule has 0 aliphatic carbocycles. The summed E-state index contributed by atoms with van der Waals surface area (Å²) in [5.41, 5.74) is 2.55. The summed E-state index contributed by atoms with van der Waals surface area (Å²) in [4.78, 5) is 12.1. The number of carbonyl (C=O) groups is 1. The molecule has 0 amide bonds. The second-order valence-electron chi connectivity index (χ2n) is 4.42. The van der Waals surface area contributed by atoms with E-state index >= 15 is 0 Å². The van der Waals surface area contributed by atoms with Crippen LogP contribution in [0, 0.1) is 5.82 Å². The highest BCUT2D eigenvalue weighted by Crippen LogP contribution is 2.09. The molecule has 1 aromatic carbocycles. The summed E-state index contributed by atoms with van der Waals surface area (Å²) < 4.78 is 14.6. The third-order valence-electron chi connectivity index (χ3n) is 3.10. The Labute approximate surface area is 112 Å². The van der Waals surface area contributed by atoms with Crippen LogP contribution in [0.5, 0.6) is 0 Å². The average molecular weight is 260 g/mol. The Morgan fingerprint density at radius 3 is 2.47 bits per heavy atom. The minimum absolute atomic E-state index is 0.0551. The van der Waals surface area contributed by atoms with Gasteiger partial charge in [0, 0.05) is 11.3 Å². The van der Waals surface area contributed by atoms with E-state index in [-0.39, 0.29) is 18.1 Å². The van der Waals surface area contributed by atoms with Crippen molar-refractivity contribution >= 4 is 5.78 Å². The number of benzene rings is 1. The van der Waals surface area contributed by atoms with E-state index in [4.69, 9.17) is 0 Å². The number of hydrogen-bond donors (Lipinski definition) is 0. The number of ketones is 1. The first-order valence-electron chi connectivity index (χ1n) is 6.48. The van der Waals surface area contributed by atoms with Crippen LogP contribution in [0.2, 0.25) is 0 Å². The summed E-state index contributed by atoms with van der Waals surface area (Å²) >= 11 is 0. The molecule has 0 bridgehead atoms. The average Bonchev–Trinajstić information content (AvgIpc) is 2.81. The van der Waals surface area contributed by atoms with Crippen LogP contribution in [0.25, 0.3) is 0 Å². The van der Waals surface area contributed by atoms with Gasteiger partial charge in [0.25, 0.3) is 0 Å². The number of aromatic nitrogens is 2. The van der Waals surface area contributed by atoms with Crippen LogP contribution >= 0.6 is 0 Å². The van der Waals surface area contributed by atoms with E-state index in [2.05, 4.69) is 5.10 Å². The van der Waals surface area contributed by atoms with Crippen LogP contribution < -0.4 is 0 Å². The standard InChI is InChI=1S/C15H17FN2O/c1-3-13-9-14(4-2)18(17-13)10-15(19)11-5-7-12(16)8-6-11/h5-9H,3-4,10H2,1-2H3. The van der Waals surface area contributed by atoms with Crippen molar-refractivity contribution in [3.8, 4) is 0 Å². The summed E-state index contributed by atoms with van der Waals surface area (Å²) in [5.74, 6) is -0.390. The largest absolute Gasteiger partial charge is 0.292 e. The van der Waals surface area contributed by atoms with Gasteiger partial charge in [0.2, 0.25) is 0 Å². The minimum Gasteiger partial charge on any atom is -0.292 e. The summed E-state index contributed by atoms with van der Waals surface area (Å²) in [6, 6.07) is 7.64. The summed E-state index contributed by atoms with van der Waals surface area (Å²) in [6.07, 6.45) is 1.69. The molecule has 0 radical (unpaired) electrons. The Morgan fingerprint density at radius 2 is 1.89 bits per heavy atom. The quantitative estimate of drug-likeness (QED) is 0.774. The van der Waals surface area contributed by atoms with Gasteiger partial charge in [0.05, 0.1) is 5.69 Å². The van der Waals surface area contributed by atoms with E-state index in [1.54, 1.807) is 4.68 Å². The van der Waals surface area contributed by atoms with Crippen molar-refractivity contribution in [2.45, 2.75) is 33.2 Å². The molecule has 2 aromatic rings. The molecule has 0 spiro atoms. The third kappa shape index (κ3) is 3.08. The molecule has 0 atom stereocenters. The second kappa shape index (κ2) is 5.78. The van der Waals surface area contributed by atoms with Crippen LogP contribution in [-0.2, 0) is 19.4 Å². The Bertz CT molecular complexity index is 572. The first-order chi connectivity index (χ1) is 9.13. The normalized spacial score (nSPS) is 10.7. The molecule has 0 aliphatic heterocycles. The fraction of sp³-hybridized carbons (Fsp3) is 0.333. The van der Waals surface area contributed by atoms with Gasteiger partial charge in [-0.05, 0) is 43.2 Å². The highest BCUT2D eigenvalue weighted by Gasteiger charge is 2.11. The van der Waals surface area contributed by atoms with E-state index in [9.17, 15) is 9.18 Å². The molecule has 0 aliphatic rings. The number of aryl methyl sites for hydroxylation is 2. The molecule has 0 saturated carbocycles. The maximum Gasteiger partial charge on any atom is 0.184 e. The van der Waals surface area contributed by atoms with E-state index < -0.39 is 0 Å². The predicted molar refractivity (Wildman–Crippen MR) is 71.7 cm³/mol. The Hall–Kier alpha value is -1.97. The topological polar surface area (TPSA) is 34.9 Å². The molecule has 100 valence electrons. The summed E-state index contributed by atoms with van der Waals surface area (Å²) in [6.45, 7) is 4.28. The lowest BCUT2D eigenvalue weighted by molar-refractivity contribution is 0.0966. The van der Waals surface area contributed by atoms with Gasteiger partial charge in [-0.25, -0.2) is 4.39 Å². The zero-order valence-electron chi connectivity index (χ0n) is 11.2. The zero-order valence-corrected chi connectivity index (χ0v) is 11.2. The van der Waals surface area contributed by atoms with Crippen molar-refractivity contribution in [2.75, 3.05) is 0 Å². The van der Waals surface area contributed by atoms with E-state index in [1.165, 1.54) is 24.3 Å². The first-order valence-corrected chi connectivity index (χ1v) is 6.48. The maximum absolute atomic E-state index is 12.8. The molecule has 0 fully saturated rings. The summed E-state index contributed by atoms with van der Waals surface area (Å²) in [7, 11) is 0. The third-order valence-corrected chi connectivity index (χ3v) is 3.10. The molecule has 0 N–H and O–H groups in total.